The summed E-state index contributed by atoms with van der Waals surface area (Å²) in [5.74, 6) is -0.191. The van der Waals surface area contributed by atoms with Crippen LogP contribution in [0.1, 0.15) is 39.5 Å². The summed E-state index contributed by atoms with van der Waals surface area (Å²) >= 11 is 0. The van der Waals surface area contributed by atoms with Crippen LogP contribution < -0.4 is 0 Å². The molecular formula is C14H18O3. The van der Waals surface area contributed by atoms with E-state index in [1.54, 1.807) is 6.92 Å². The van der Waals surface area contributed by atoms with Crippen molar-refractivity contribution in [1.82, 2.24) is 0 Å². The summed E-state index contributed by atoms with van der Waals surface area (Å²) < 4.78 is 0. The van der Waals surface area contributed by atoms with E-state index in [0.29, 0.717) is 18.4 Å². The third-order valence-electron chi connectivity index (χ3n) is 3.63. The number of fused-ring (bicyclic) bond motifs is 1. The average molecular weight is 234 g/mol. The van der Waals surface area contributed by atoms with Crippen LogP contribution >= 0.6 is 0 Å². The van der Waals surface area contributed by atoms with E-state index in [2.05, 4.69) is 0 Å². The van der Waals surface area contributed by atoms with Crippen LogP contribution in [0.5, 0.6) is 0 Å². The molecule has 3 nitrogen and oxygen atoms in total. The Kier molecular flexibility index (Phi) is 2.84. The molecule has 17 heavy (non-hydrogen) atoms. The predicted octanol–water partition coefficient (Wildman–Crippen LogP) is 1.33. The van der Waals surface area contributed by atoms with E-state index in [1.807, 2.05) is 19.9 Å². The maximum absolute atomic E-state index is 12.1. The van der Waals surface area contributed by atoms with Crippen molar-refractivity contribution in [3.05, 3.63) is 33.9 Å². The van der Waals surface area contributed by atoms with Crippen LogP contribution in [-0.4, -0.2) is 28.2 Å². The van der Waals surface area contributed by atoms with Crippen molar-refractivity contribution in [3.63, 3.8) is 0 Å². The number of aryl methyl sites for hydroxylation is 1. The normalized spacial score (nSPS) is 23.0. The number of benzene rings is 1. The molecule has 0 saturated carbocycles. The Bertz CT molecular complexity index is 487. The summed E-state index contributed by atoms with van der Waals surface area (Å²) in [6.45, 7) is 5.52. The molecule has 0 amide bonds. The molecule has 1 atom stereocenters. The highest BCUT2D eigenvalue weighted by atomic mass is 16.3. The lowest BCUT2D eigenvalue weighted by atomic mass is 9.92. The molecule has 1 aliphatic rings. The second-order valence-corrected chi connectivity index (χ2v) is 5.08. The van der Waals surface area contributed by atoms with Crippen molar-refractivity contribution in [1.29, 1.82) is 0 Å². The molecule has 1 aromatic carbocycles. The number of rotatable bonds is 2. The first-order valence-electron chi connectivity index (χ1n) is 5.88. The van der Waals surface area contributed by atoms with E-state index in [1.165, 1.54) is 0 Å². The second-order valence-electron chi connectivity index (χ2n) is 5.08. The standard InChI is InChI=1S/C14H18O3/c1-8-6-10-7-14(3,17)13(16)12(10)9(2)11(8)4-5-15/h6,15,17H,4-5,7H2,1-3H3/t14-/m1/s1. The van der Waals surface area contributed by atoms with Gasteiger partial charge in [0.25, 0.3) is 0 Å². The molecule has 0 unspecified atom stereocenters. The van der Waals surface area contributed by atoms with E-state index >= 15 is 0 Å². The van der Waals surface area contributed by atoms with Crippen molar-refractivity contribution in [2.75, 3.05) is 6.61 Å². The molecular weight excluding hydrogens is 216 g/mol. The maximum Gasteiger partial charge on any atom is 0.194 e. The molecule has 0 spiro atoms. The van der Waals surface area contributed by atoms with Crippen LogP contribution in [0.15, 0.2) is 6.07 Å². The largest absolute Gasteiger partial charge is 0.396 e. The van der Waals surface area contributed by atoms with Gasteiger partial charge in [-0.25, -0.2) is 0 Å². The van der Waals surface area contributed by atoms with E-state index in [4.69, 9.17) is 5.11 Å². The molecule has 3 heteroatoms. The Morgan fingerprint density at radius 1 is 1.41 bits per heavy atom. The smallest absolute Gasteiger partial charge is 0.194 e. The molecule has 0 aromatic heterocycles. The minimum Gasteiger partial charge on any atom is -0.396 e. The predicted molar refractivity (Wildman–Crippen MR) is 65.4 cm³/mol. The van der Waals surface area contributed by atoms with Gasteiger partial charge >= 0.3 is 0 Å². The zero-order valence-electron chi connectivity index (χ0n) is 10.5. The lowest BCUT2D eigenvalue weighted by Crippen LogP contribution is -2.31. The molecule has 1 aliphatic carbocycles. The van der Waals surface area contributed by atoms with Gasteiger partial charge in [0.15, 0.2) is 5.78 Å². The summed E-state index contributed by atoms with van der Waals surface area (Å²) in [5.41, 5.74) is 3.34. The van der Waals surface area contributed by atoms with Gasteiger partial charge in [-0.05, 0) is 49.4 Å². The number of Topliss-reactive ketones (excluding diaryl/α,β-unsaturated/α-hetero) is 1. The maximum atomic E-state index is 12.1. The highest BCUT2D eigenvalue weighted by Crippen LogP contribution is 2.35. The zero-order chi connectivity index (χ0) is 12.8. The minimum absolute atomic E-state index is 0.0745. The minimum atomic E-state index is -1.27. The van der Waals surface area contributed by atoms with Gasteiger partial charge in [-0.1, -0.05) is 6.07 Å². The zero-order valence-corrected chi connectivity index (χ0v) is 10.5. The number of carbonyl (C=O) groups excluding carboxylic acids is 1. The Morgan fingerprint density at radius 3 is 2.65 bits per heavy atom. The summed E-state index contributed by atoms with van der Waals surface area (Å²) in [5, 5.41) is 19.1. The van der Waals surface area contributed by atoms with Crippen LogP contribution in [0.4, 0.5) is 0 Å². The average Bonchev–Trinajstić information content (AvgIpc) is 2.44. The van der Waals surface area contributed by atoms with Crippen molar-refractivity contribution in [2.24, 2.45) is 0 Å². The highest BCUT2D eigenvalue weighted by molar-refractivity contribution is 6.07. The fourth-order valence-corrected chi connectivity index (χ4v) is 2.78. The Morgan fingerprint density at radius 2 is 2.06 bits per heavy atom. The monoisotopic (exact) mass is 234 g/mol. The van der Waals surface area contributed by atoms with Gasteiger partial charge in [0.2, 0.25) is 0 Å². The van der Waals surface area contributed by atoms with Gasteiger partial charge in [0, 0.05) is 18.6 Å². The van der Waals surface area contributed by atoms with Gasteiger partial charge in [0.05, 0.1) is 0 Å². The Labute approximate surface area is 101 Å². The molecule has 0 saturated heterocycles. The van der Waals surface area contributed by atoms with Gasteiger partial charge in [-0.15, -0.1) is 0 Å². The molecule has 0 heterocycles. The first kappa shape index (κ1) is 12.3. The number of carbonyl (C=O) groups is 1. The SMILES string of the molecule is Cc1cc2c(c(C)c1CCO)C(=O)[C@](C)(O)C2. The topological polar surface area (TPSA) is 57.5 Å². The molecule has 0 fully saturated rings. The molecule has 0 radical (unpaired) electrons. The Balaban J connectivity index is 2.62. The first-order chi connectivity index (χ1) is 7.88. The van der Waals surface area contributed by atoms with E-state index in [9.17, 15) is 9.90 Å². The summed E-state index contributed by atoms with van der Waals surface area (Å²) in [7, 11) is 0. The van der Waals surface area contributed by atoms with Crippen molar-refractivity contribution >= 4 is 5.78 Å². The first-order valence-corrected chi connectivity index (χ1v) is 5.88. The molecule has 92 valence electrons. The fourth-order valence-electron chi connectivity index (χ4n) is 2.78. The third kappa shape index (κ3) is 1.79. The van der Waals surface area contributed by atoms with Crippen LogP contribution in [0.25, 0.3) is 0 Å². The summed E-state index contributed by atoms with van der Waals surface area (Å²) in [6, 6.07) is 1.96. The quantitative estimate of drug-likeness (QED) is 0.811. The number of ketones is 1. The second kappa shape index (κ2) is 3.93. The number of aliphatic hydroxyl groups is 2. The van der Waals surface area contributed by atoms with Crippen molar-refractivity contribution < 1.29 is 15.0 Å². The fraction of sp³-hybridized carbons (Fsp3) is 0.500. The number of hydrogen-bond acceptors (Lipinski definition) is 3. The van der Waals surface area contributed by atoms with Gasteiger partial charge in [0.1, 0.15) is 5.60 Å². The van der Waals surface area contributed by atoms with Gasteiger partial charge < -0.3 is 10.2 Å². The summed E-state index contributed by atoms with van der Waals surface area (Å²) in [6.07, 6.45) is 0.947. The Hall–Kier alpha value is -1.19. The van der Waals surface area contributed by atoms with Crippen LogP contribution in [0.2, 0.25) is 0 Å². The van der Waals surface area contributed by atoms with Crippen molar-refractivity contribution in [2.45, 2.75) is 39.2 Å². The molecule has 0 aliphatic heterocycles. The number of hydrogen-bond donors (Lipinski definition) is 2. The van der Waals surface area contributed by atoms with E-state index in [0.717, 1.165) is 22.3 Å². The van der Waals surface area contributed by atoms with Crippen LogP contribution in [0, 0.1) is 13.8 Å². The van der Waals surface area contributed by atoms with Crippen LogP contribution in [-0.2, 0) is 12.8 Å². The molecule has 0 bridgehead atoms. The number of aliphatic hydroxyl groups excluding tert-OH is 1. The van der Waals surface area contributed by atoms with Gasteiger partial charge in [-0.2, -0.15) is 0 Å². The third-order valence-corrected chi connectivity index (χ3v) is 3.63. The molecule has 1 aromatic rings. The highest BCUT2D eigenvalue weighted by Gasteiger charge is 2.41. The lowest BCUT2D eigenvalue weighted by Gasteiger charge is -2.13. The van der Waals surface area contributed by atoms with E-state index < -0.39 is 5.60 Å². The van der Waals surface area contributed by atoms with E-state index in [-0.39, 0.29) is 12.4 Å². The van der Waals surface area contributed by atoms with Gasteiger partial charge in [-0.3, -0.25) is 4.79 Å². The van der Waals surface area contributed by atoms with Crippen molar-refractivity contribution in [3.8, 4) is 0 Å². The lowest BCUT2D eigenvalue weighted by molar-refractivity contribution is 0.0461. The van der Waals surface area contributed by atoms with Crippen LogP contribution in [0.3, 0.4) is 0 Å². The molecule has 2 rings (SSSR count). The summed E-state index contributed by atoms with van der Waals surface area (Å²) in [4.78, 5) is 12.1. The molecule has 2 N–H and O–H groups in total.